The Hall–Kier alpha value is -3.69. The van der Waals surface area contributed by atoms with Crippen molar-refractivity contribution >= 4 is 5.65 Å². The molecule has 1 fully saturated rings. The highest BCUT2D eigenvalue weighted by atomic mass is 19.1. The van der Waals surface area contributed by atoms with Crippen LogP contribution in [0.15, 0.2) is 40.2 Å². The maximum Gasteiger partial charge on any atom is 0.325 e. The third-order valence-electron chi connectivity index (χ3n) is 5.42. The first-order valence-corrected chi connectivity index (χ1v) is 9.15. The van der Waals surface area contributed by atoms with Crippen LogP contribution < -0.4 is 11.2 Å². The van der Waals surface area contributed by atoms with Crippen molar-refractivity contribution in [2.24, 2.45) is 0 Å². The van der Waals surface area contributed by atoms with E-state index in [1.165, 1.54) is 19.2 Å². The number of H-pyrrole nitrogens is 2. The van der Waals surface area contributed by atoms with E-state index < -0.39 is 28.8 Å². The molecule has 2 N–H and O–H groups in total. The number of imidazole rings is 1. The molecule has 30 heavy (non-hydrogen) atoms. The molecule has 0 amide bonds. The number of halogens is 3. The zero-order valence-corrected chi connectivity index (χ0v) is 15.5. The number of nitrogens with zero attached hydrogens (tertiary/aromatic N) is 3. The molecule has 5 rings (SSSR count). The number of rotatable bonds is 3. The van der Waals surface area contributed by atoms with Crippen LogP contribution in [0.5, 0.6) is 0 Å². The molecule has 0 radical (unpaired) electrons. The van der Waals surface area contributed by atoms with E-state index in [1.807, 2.05) is 0 Å². The van der Waals surface area contributed by atoms with Gasteiger partial charge in [-0.2, -0.15) is 14.0 Å². The molecule has 1 aliphatic rings. The van der Waals surface area contributed by atoms with Gasteiger partial charge in [0.05, 0.1) is 17.5 Å². The van der Waals surface area contributed by atoms with Crippen molar-refractivity contribution in [1.82, 2.24) is 24.6 Å². The lowest BCUT2D eigenvalue weighted by atomic mass is 10.0. The van der Waals surface area contributed by atoms with Crippen molar-refractivity contribution in [3.05, 3.63) is 85.7 Å². The highest BCUT2D eigenvalue weighted by Crippen LogP contribution is 2.56. The largest absolute Gasteiger partial charge is 0.325 e. The first-order valence-electron chi connectivity index (χ1n) is 9.15. The number of aromatic nitrogens is 5. The number of benzene rings is 1. The average Bonchev–Trinajstić information content (AvgIpc) is 3.40. The van der Waals surface area contributed by atoms with E-state index in [2.05, 4.69) is 20.1 Å². The average molecular weight is 413 g/mol. The molecule has 0 saturated heterocycles. The van der Waals surface area contributed by atoms with Crippen molar-refractivity contribution in [3.63, 3.8) is 0 Å². The summed E-state index contributed by atoms with van der Waals surface area (Å²) in [4.78, 5) is 32.0. The number of nitrogens with one attached hydrogen (secondary N) is 2. The molecule has 7 nitrogen and oxygen atoms in total. The number of hydrogen-bond donors (Lipinski definition) is 2. The molecule has 3 heterocycles. The minimum Gasteiger partial charge on any atom is -0.313 e. The Morgan fingerprint density at radius 1 is 1.07 bits per heavy atom. The molecule has 152 valence electrons. The Morgan fingerprint density at radius 3 is 2.60 bits per heavy atom. The van der Waals surface area contributed by atoms with Gasteiger partial charge in [0.25, 0.3) is 5.56 Å². The Labute approximate surface area is 166 Å². The molecule has 0 aliphatic heterocycles. The summed E-state index contributed by atoms with van der Waals surface area (Å²) in [6.07, 6.45) is 2.69. The lowest BCUT2D eigenvalue weighted by Crippen LogP contribution is -2.23. The molecule has 0 spiro atoms. The second-order valence-corrected chi connectivity index (χ2v) is 7.36. The normalized spacial score (nSPS) is 18.1. The van der Waals surface area contributed by atoms with Gasteiger partial charge in [-0.25, -0.2) is 18.6 Å². The summed E-state index contributed by atoms with van der Waals surface area (Å²) in [6.45, 7) is 1.49. The molecule has 0 bridgehead atoms. The molecule has 4 aromatic rings. The van der Waals surface area contributed by atoms with Crippen molar-refractivity contribution < 1.29 is 13.2 Å². The van der Waals surface area contributed by atoms with E-state index in [0.717, 1.165) is 16.8 Å². The Morgan fingerprint density at radius 2 is 1.83 bits per heavy atom. The van der Waals surface area contributed by atoms with Crippen LogP contribution in [0, 0.1) is 24.5 Å². The molecule has 1 saturated carbocycles. The van der Waals surface area contributed by atoms with E-state index in [4.69, 9.17) is 0 Å². The minimum atomic E-state index is -0.737. The van der Waals surface area contributed by atoms with Gasteiger partial charge in [0.2, 0.25) is 5.95 Å². The van der Waals surface area contributed by atoms with E-state index in [0.29, 0.717) is 12.0 Å². The topological polar surface area (TPSA) is 95.9 Å². The van der Waals surface area contributed by atoms with Crippen LogP contribution in [0.25, 0.3) is 16.9 Å². The van der Waals surface area contributed by atoms with Crippen LogP contribution in [-0.4, -0.2) is 24.6 Å². The van der Waals surface area contributed by atoms with E-state index in [-0.39, 0.29) is 39.9 Å². The van der Waals surface area contributed by atoms with Crippen LogP contribution >= 0.6 is 0 Å². The monoisotopic (exact) mass is 413 g/mol. The Bertz CT molecular complexity index is 1440. The van der Waals surface area contributed by atoms with Gasteiger partial charge in [-0.3, -0.25) is 9.78 Å². The zero-order chi connectivity index (χ0) is 21.2. The summed E-state index contributed by atoms with van der Waals surface area (Å²) in [5.74, 6) is -2.30. The van der Waals surface area contributed by atoms with Crippen LogP contribution in [-0.2, 0) is 0 Å². The van der Waals surface area contributed by atoms with Gasteiger partial charge in [-0.15, -0.1) is 0 Å². The molecule has 2 atom stereocenters. The molecule has 1 aromatic carbocycles. The summed E-state index contributed by atoms with van der Waals surface area (Å²) < 4.78 is 43.6. The minimum absolute atomic E-state index is 0.0376. The maximum atomic E-state index is 14.4. The lowest BCUT2D eigenvalue weighted by Gasteiger charge is -2.08. The fourth-order valence-electron chi connectivity index (χ4n) is 3.80. The van der Waals surface area contributed by atoms with Gasteiger partial charge in [0.1, 0.15) is 11.6 Å². The first kappa shape index (κ1) is 18.3. The fourth-order valence-corrected chi connectivity index (χ4v) is 3.80. The summed E-state index contributed by atoms with van der Waals surface area (Å²) in [6, 6.07) is 3.91. The maximum absolute atomic E-state index is 14.4. The van der Waals surface area contributed by atoms with Crippen LogP contribution in [0.1, 0.15) is 34.9 Å². The second-order valence-electron chi connectivity index (χ2n) is 7.36. The van der Waals surface area contributed by atoms with Crippen LogP contribution in [0.2, 0.25) is 0 Å². The highest BCUT2D eigenvalue weighted by Gasteiger charge is 2.43. The molecule has 1 unspecified atom stereocenters. The third kappa shape index (κ3) is 2.83. The third-order valence-corrected chi connectivity index (χ3v) is 5.42. The van der Waals surface area contributed by atoms with Gasteiger partial charge in [0.15, 0.2) is 5.65 Å². The quantitative estimate of drug-likeness (QED) is 0.540. The van der Waals surface area contributed by atoms with Gasteiger partial charge in [0, 0.05) is 11.8 Å². The number of aryl methyl sites for hydroxylation is 1. The smallest absolute Gasteiger partial charge is 0.313 e. The van der Waals surface area contributed by atoms with E-state index >= 15 is 0 Å². The molecule has 10 heteroatoms. The number of hydrogen-bond acceptors (Lipinski definition) is 4. The lowest BCUT2D eigenvalue weighted by molar-refractivity contribution is 0.549. The summed E-state index contributed by atoms with van der Waals surface area (Å²) in [5.41, 5.74) is 0.0402. The predicted molar refractivity (Wildman–Crippen MR) is 101 cm³/mol. The molecular formula is C20H14F3N5O2. The SMILES string of the molecule is Cc1cc(F)c([C@H]2CC2c2cc(-c3c[nH]c(=O)[nH]c3=O)nn3c(F)cnc23)cc1F. The molecule has 1 aliphatic carbocycles. The summed E-state index contributed by atoms with van der Waals surface area (Å²) in [7, 11) is 0. The number of fused-ring (bicyclic) bond motifs is 1. The van der Waals surface area contributed by atoms with Gasteiger partial charge >= 0.3 is 5.69 Å². The van der Waals surface area contributed by atoms with Gasteiger partial charge < -0.3 is 4.98 Å². The Balaban J connectivity index is 1.64. The second kappa shape index (κ2) is 6.41. The van der Waals surface area contributed by atoms with Crippen LogP contribution in [0.3, 0.4) is 0 Å². The predicted octanol–water partition coefficient (Wildman–Crippen LogP) is 2.77. The van der Waals surface area contributed by atoms with Crippen molar-refractivity contribution in [1.29, 1.82) is 0 Å². The van der Waals surface area contributed by atoms with Crippen LogP contribution in [0.4, 0.5) is 13.2 Å². The summed E-state index contributed by atoms with van der Waals surface area (Å²) in [5, 5.41) is 4.11. The zero-order valence-electron chi connectivity index (χ0n) is 15.5. The highest BCUT2D eigenvalue weighted by molar-refractivity contribution is 5.63. The summed E-state index contributed by atoms with van der Waals surface area (Å²) >= 11 is 0. The van der Waals surface area contributed by atoms with Gasteiger partial charge in [-0.05, 0) is 54.5 Å². The van der Waals surface area contributed by atoms with E-state index in [1.54, 1.807) is 6.07 Å². The fraction of sp³-hybridized carbons (Fsp3) is 0.200. The van der Waals surface area contributed by atoms with E-state index in [9.17, 15) is 22.8 Å². The molecular weight excluding hydrogens is 399 g/mol. The van der Waals surface area contributed by atoms with Crippen molar-refractivity contribution in [2.75, 3.05) is 0 Å². The van der Waals surface area contributed by atoms with Gasteiger partial charge in [-0.1, -0.05) is 0 Å². The molecule has 3 aromatic heterocycles. The Kier molecular flexibility index (Phi) is 3.92. The van der Waals surface area contributed by atoms with Crippen molar-refractivity contribution in [3.8, 4) is 11.3 Å². The first-order chi connectivity index (χ1) is 14.3. The van der Waals surface area contributed by atoms with Crippen molar-refractivity contribution in [2.45, 2.75) is 25.2 Å². The standard InChI is InChI=1S/C20H14F3N5O2/c1-8-2-15(22)11(4-14(8)21)9-3-10(9)12-5-16(13-6-25-20(30)26-19(13)29)27-28-17(23)7-24-18(12)28/h2,4-7,9-10H,3H2,1H3,(H2,25,26,29,30)/t9-,10?/m0/s1. The number of aromatic amines is 2.